The molecule has 0 unspecified atom stereocenters. The second kappa shape index (κ2) is 16.5. The van der Waals surface area contributed by atoms with Crippen molar-refractivity contribution >= 4 is 107 Å². The minimum atomic E-state index is -3.24. The number of fused-ring (bicyclic) bond motifs is 8. The first kappa shape index (κ1) is 49.4. The van der Waals surface area contributed by atoms with Gasteiger partial charge in [-0.15, -0.1) is 0 Å². The number of hydrogen-bond donors (Lipinski definition) is 0. The van der Waals surface area contributed by atoms with E-state index in [0.717, 1.165) is 23.0 Å². The largest absolute Gasteiger partial charge is 0.458 e. The zero-order valence-corrected chi connectivity index (χ0v) is 49.7. The smallest absolute Gasteiger partial charge is 0.252 e. The third-order valence-electron chi connectivity index (χ3n) is 19.0. The van der Waals surface area contributed by atoms with E-state index in [2.05, 4.69) is 266 Å². The van der Waals surface area contributed by atoms with E-state index in [-0.39, 0.29) is 35.1 Å². The van der Waals surface area contributed by atoms with Crippen LogP contribution >= 0.6 is 0 Å². The second-order valence-electron chi connectivity index (χ2n) is 28.0. The molecular formula is C75H68B2O2Si. The lowest BCUT2D eigenvalue weighted by atomic mass is 9.31. The molecule has 0 amide bonds. The molecule has 390 valence electrons. The number of ether oxygens (including phenoxy) is 2. The van der Waals surface area contributed by atoms with Crippen molar-refractivity contribution in [3.63, 3.8) is 0 Å². The zero-order chi connectivity index (χ0) is 55.3. The van der Waals surface area contributed by atoms with Gasteiger partial charge in [-0.2, -0.15) is 0 Å². The van der Waals surface area contributed by atoms with Crippen molar-refractivity contribution in [3.8, 4) is 45.3 Å². The fourth-order valence-electron chi connectivity index (χ4n) is 14.8. The number of benzene rings is 11. The molecule has 4 heterocycles. The molecule has 11 aromatic carbocycles. The van der Waals surface area contributed by atoms with E-state index in [0.29, 0.717) is 0 Å². The molecule has 0 fully saturated rings. The molecular weight excluding hydrogens is 983 g/mol. The maximum atomic E-state index is 7.38. The van der Waals surface area contributed by atoms with Gasteiger partial charge in [0.2, 0.25) is 0 Å². The molecule has 0 saturated carbocycles. The quantitative estimate of drug-likeness (QED) is 0.0993. The van der Waals surface area contributed by atoms with E-state index < -0.39 is 8.07 Å². The molecule has 0 bridgehead atoms. The number of hydrogen-bond acceptors (Lipinski definition) is 2. The Kier molecular flexibility index (Phi) is 10.2. The monoisotopic (exact) mass is 1050 g/mol. The lowest BCUT2D eigenvalue weighted by Gasteiger charge is -2.41. The van der Waals surface area contributed by atoms with Crippen LogP contribution in [0, 0.1) is 6.92 Å². The Hall–Kier alpha value is -7.59. The molecule has 0 radical (unpaired) electrons. The van der Waals surface area contributed by atoms with Crippen LogP contribution in [0.1, 0.15) is 111 Å². The van der Waals surface area contributed by atoms with Crippen LogP contribution in [0.25, 0.3) is 54.6 Å². The molecule has 0 atom stereocenters. The molecule has 0 spiro atoms. The van der Waals surface area contributed by atoms with E-state index in [1.807, 2.05) is 0 Å². The van der Waals surface area contributed by atoms with Crippen molar-refractivity contribution < 1.29 is 9.47 Å². The van der Waals surface area contributed by atoms with Gasteiger partial charge in [0, 0.05) is 0 Å². The molecule has 0 aromatic heterocycles. The van der Waals surface area contributed by atoms with E-state index in [4.69, 9.17) is 9.47 Å². The van der Waals surface area contributed by atoms with Crippen molar-refractivity contribution in [1.82, 2.24) is 0 Å². The minimum Gasteiger partial charge on any atom is -0.458 e. The molecule has 11 aromatic rings. The fraction of sp³-hybridized carbons (Fsp3) is 0.227. The Morgan fingerprint density at radius 3 is 1.11 bits per heavy atom. The summed E-state index contributed by atoms with van der Waals surface area (Å²) in [6, 6.07) is 69.4. The lowest BCUT2D eigenvalue weighted by molar-refractivity contribution is 0.479. The molecule has 4 aliphatic heterocycles. The third-order valence-corrected chi connectivity index (χ3v) is 23.8. The van der Waals surface area contributed by atoms with Crippen molar-refractivity contribution in [2.75, 3.05) is 0 Å². The summed E-state index contributed by atoms with van der Waals surface area (Å²) >= 11 is 0. The lowest BCUT2D eigenvalue weighted by Crippen LogP contribution is -2.75. The summed E-state index contributed by atoms with van der Waals surface area (Å²) in [7, 11) is -3.24. The van der Waals surface area contributed by atoms with Crippen LogP contribution in [-0.4, -0.2) is 21.5 Å². The Balaban J connectivity index is 1.19. The predicted molar refractivity (Wildman–Crippen MR) is 347 cm³/mol. The Morgan fingerprint density at radius 1 is 0.325 bits per heavy atom. The first-order valence-corrected chi connectivity index (χ1v) is 31.1. The van der Waals surface area contributed by atoms with Gasteiger partial charge in [0.25, 0.3) is 13.4 Å². The predicted octanol–water partition coefficient (Wildman–Crippen LogP) is 12.7. The summed E-state index contributed by atoms with van der Waals surface area (Å²) in [5.74, 6) is 3.89. The SMILES string of the molecule is Cc1cc2c3c(cc4c([Si](c5ccccc5)(c5ccccc5)c5ccccc5)cc5c6c(cc1c3c46)B1c3ccc(C(C)(C)C)cc3Oc3cc(C(C)(C)C)cc-5c31)B1c3ccc(C(C)(C)C)cc3Oc3cc(C(C)(C)C)cc-2c31. The van der Waals surface area contributed by atoms with E-state index in [1.54, 1.807) is 0 Å². The van der Waals surface area contributed by atoms with Crippen LogP contribution in [0.15, 0.2) is 176 Å². The van der Waals surface area contributed by atoms with Crippen LogP contribution in [-0.2, 0) is 21.7 Å². The van der Waals surface area contributed by atoms with Gasteiger partial charge in [-0.1, -0.05) is 246 Å². The van der Waals surface area contributed by atoms with Gasteiger partial charge in [0.15, 0.2) is 8.07 Å². The second-order valence-corrected chi connectivity index (χ2v) is 31.8. The van der Waals surface area contributed by atoms with Gasteiger partial charge in [-0.25, -0.2) is 0 Å². The average Bonchev–Trinajstić information content (AvgIpc) is 2.51. The molecule has 4 aliphatic rings. The first-order chi connectivity index (χ1) is 38.1. The first-order valence-electron chi connectivity index (χ1n) is 29.1. The molecule has 0 saturated heterocycles. The Morgan fingerprint density at radius 2 is 0.700 bits per heavy atom. The number of aryl methyl sites for hydroxylation is 1. The third kappa shape index (κ3) is 6.86. The maximum Gasteiger partial charge on any atom is 0.252 e. The zero-order valence-electron chi connectivity index (χ0n) is 48.7. The van der Waals surface area contributed by atoms with Gasteiger partial charge in [-0.3, -0.25) is 0 Å². The van der Waals surface area contributed by atoms with Crippen molar-refractivity contribution in [1.29, 1.82) is 0 Å². The van der Waals surface area contributed by atoms with Crippen LogP contribution in [0.5, 0.6) is 23.0 Å². The van der Waals surface area contributed by atoms with Crippen LogP contribution < -0.4 is 63.0 Å². The van der Waals surface area contributed by atoms with Gasteiger partial charge < -0.3 is 9.47 Å². The minimum absolute atomic E-state index is 0.0421. The summed E-state index contributed by atoms with van der Waals surface area (Å²) in [4.78, 5) is 0. The van der Waals surface area contributed by atoms with E-state index >= 15 is 0 Å². The summed E-state index contributed by atoms with van der Waals surface area (Å²) in [6.07, 6.45) is 0. The summed E-state index contributed by atoms with van der Waals surface area (Å²) in [5, 5.41) is 13.7. The molecule has 80 heavy (non-hydrogen) atoms. The van der Waals surface area contributed by atoms with Gasteiger partial charge in [-0.05, 0) is 178 Å². The Bertz CT molecular complexity index is 4360. The number of rotatable bonds is 4. The fourth-order valence-corrected chi connectivity index (χ4v) is 19.8. The van der Waals surface area contributed by atoms with Crippen LogP contribution in [0.2, 0.25) is 0 Å². The standard InChI is InChI=1S/C75H68B2O2Si/c1-43-33-52-54-34-46(74(8,9)10)38-63-70(54)77(58-32-30-45(73(5,6)7)37-62(58)78-63)60-41-56-65(80(48-23-17-14-18-24-48,49-25-19-15-20-26-49)50-27-21-16-22-28-50)42-53-55-35-47(75(11,12)13)39-64-71(55)76(57-31-29-44(72(2,3)4)36-61(57)79-64)59-40-51(43)68(66(52)60)69(56)67(53)59/h14-42H,1-13H3. The highest BCUT2D eigenvalue weighted by Crippen LogP contribution is 2.49. The van der Waals surface area contributed by atoms with Crippen molar-refractivity contribution in [2.45, 2.75) is 112 Å². The molecule has 0 aliphatic carbocycles. The average molecular weight is 1050 g/mol. The highest BCUT2D eigenvalue weighted by atomic mass is 28.3. The molecule has 15 rings (SSSR count). The molecule has 5 heteroatoms. The van der Waals surface area contributed by atoms with Gasteiger partial charge >= 0.3 is 0 Å². The van der Waals surface area contributed by atoms with Crippen LogP contribution in [0.4, 0.5) is 0 Å². The van der Waals surface area contributed by atoms with Gasteiger partial charge in [0.1, 0.15) is 23.0 Å². The van der Waals surface area contributed by atoms with E-state index in [1.165, 1.54) is 136 Å². The van der Waals surface area contributed by atoms with Crippen molar-refractivity contribution in [3.05, 3.63) is 204 Å². The van der Waals surface area contributed by atoms with Gasteiger partial charge in [0.05, 0.1) is 0 Å². The summed E-state index contributed by atoms with van der Waals surface area (Å²) in [5.41, 5.74) is 19.0. The Labute approximate surface area is 474 Å². The normalized spacial score (nSPS) is 14.2. The highest BCUT2D eigenvalue weighted by Gasteiger charge is 2.49. The maximum absolute atomic E-state index is 7.38. The molecule has 0 N–H and O–H groups in total. The van der Waals surface area contributed by atoms with E-state index in [9.17, 15) is 0 Å². The molecule has 2 nitrogen and oxygen atoms in total. The summed E-state index contributed by atoms with van der Waals surface area (Å²) < 4.78 is 14.7. The topological polar surface area (TPSA) is 18.5 Å². The van der Waals surface area contributed by atoms with Crippen LogP contribution in [0.3, 0.4) is 0 Å². The summed E-state index contributed by atoms with van der Waals surface area (Å²) in [6.45, 7) is 30.2. The highest BCUT2D eigenvalue weighted by molar-refractivity contribution is 7.21. The van der Waals surface area contributed by atoms with Crippen molar-refractivity contribution in [2.24, 2.45) is 0 Å².